The molecule has 0 aliphatic heterocycles. The number of hydrogen-bond donors (Lipinski definition) is 2. The van der Waals surface area contributed by atoms with Gasteiger partial charge in [0.25, 0.3) is 0 Å². The van der Waals surface area contributed by atoms with Crippen LogP contribution in [0.3, 0.4) is 0 Å². The van der Waals surface area contributed by atoms with Crippen LogP contribution in [0.4, 0.5) is 4.39 Å². The first-order valence-electron chi connectivity index (χ1n) is 11.0. The minimum atomic E-state index is -0.721. The molecule has 4 aromatic rings. The van der Waals surface area contributed by atoms with Crippen molar-refractivity contribution >= 4 is 27.8 Å². The van der Waals surface area contributed by atoms with E-state index < -0.39 is 11.8 Å². The Kier molecular flexibility index (Phi) is 4.92. The zero-order chi connectivity index (χ0) is 22.6. The lowest BCUT2D eigenvalue weighted by molar-refractivity contribution is -0.141. The number of H-pyrrole nitrogens is 1. The molecule has 1 aliphatic rings. The van der Waals surface area contributed by atoms with Crippen LogP contribution in [0, 0.1) is 11.7 Å². The van der Waals surface area contributed by atoms with Gasteiger partial charge in [0.15, 0.2) is 11.6 Å². The number of hydrogen-bond acceptors (Lipinski definition) is 3. The SMILES string of the molecule is COc1cc(-n2c(C(C)C)c(C3CCC(C(=O)O)C3)c3cc4[nH]ncc4cc32)ccc1F. The normalized spacial score (nSPS) is 18.8. The lowest BCUT2D eigenvalue weighted by atomic mass is 9.90. The summed E-state index contributed by atoms with van der Waals surface area (Å²) in [5.41, 5.74) is 5.09. The summed E-state index contributed by atoms with van der Waals surface area (Å²) in [4.78, 5) is 11.7. The lowest BCUT2D eigenvalue weighted by Crippen LogP contribution is -2.10. The highest BCUT2D eigenvalue weighted by molar-refractivity contribution is 5.99. The van der Waals surface area contributed by atoms with Gasteiger partial charge in [0, 0.05) is 28.2 Å². The van der Waals surface area contributed by atoms with Gasteiger partial charge < -0.3 is 14.4 Å². The molecule has 2 aromatic carbocycles. The molecule has 166 valence electrons. The topological polar surface area (TPSA) is 80.1 Å². The average Bonchev–Trinajstić information content (AvgIpc) is 3.49. The number of carbonyl (C=O) groups is 1. The molecule has 32 heavy (non-hydrogen) atoms. The Morgan fingerprint density at radius 3 is 2.78 bits per heavy atom. The third-order valence-corrected chi connectivity index (χ3v) is 6.73. The molecule has 2 unspecified atom stereocenters. The summed E-state index contributed by atoms with van der Waals surface area (Å²) in [5, 5.41) is 18.9. The zero-order valence-electron chi connectivity index (χ0n) is 18.4. The van der Waals surface area contributed by atoms with Crippen molar-refractivity contribution in [1.82, 2.24) is 14.8 Å². The van der Waals surface area contributed by atoms with Crippen LogP contribution in [0.15, 0.2) is 36.5 Å². The highest BCUT2D eigenvalue weighted by Gasteiger charge is 2.35. The second-order valence-electron chi connectivity index (χ2n) is 8.98. The van der Waals surface area contributed by atoms with Crippen LogP contribution in [0.2, 0.25) is 0 Å². The number of ether oxygens (including phenoxy) is 1. The van der Waals surface area contributed by atoms with Crippen molar-refractivity contribution in [1.29, 1.82) is 0 Å². The first-order valence-corrected chi connectivity index (χ1v) is 11.0. The number of aromatic amines is 1. The van der Waals surface area contributed by atoms with Crippen molar-refractivity contribution in [3.63, 3.8) is 0 Å². The molecule has 0 saturated heterocycles. The molecule has 1 saturated carbocycles. The molecule has 0 amide bonds. The largest absolute Gasteiger partial charge is 0.494 e. The molecule has 0 spiro atoms. The van der Waals surface area contributed by atoms with Gasteiger partial charge in [-0.3, -0.25) is 9.89 Å². The number of aliphatic carboxylic acids is 1. The van der Waals surface area contributed by atoms with Crippen molar-refractivity contribution in [3.05, 3.63) is 53.6 Å². The van der Waals surface area contributed by atoms with Crippen molar-refractivity contribution in [2.75, 3.05) is 7.11 Å². The number of rotatable bonds is 5. The number of nitrogens with one attached hydrogen (secondary N) is 1. The fourth-order valence-electron chi connectivity index (χ4n) is 5.30. The summed E-state index contributed by atoms with van der Waals surface area (Å²) >= 11 is 0. The molecule has 6 nitrogen and oxygen atoms in total. The van der Waals surface area contributed by atoms with Crippen molar-refractivity contribution in [3.8, 4) is 11.4 Å². The fourth-order valence-corrected chi connectivity index (χ4v) is 5.30. The Balaban J connectivity index is 1.83. The lowest BCUT2D eigenvalue weighted by Gasteiger charge is -2.19. The number of methoxy groups -OCH3 is 1. The highest BCUT2D eigenvalue weighted by Crippen LogP contribution is 2.47. The fraction of sp³-hybridized carbons (Fsp3) is 0.360. The number of benzene rings is 2. The summed E-state index contributed by atoms with van der Waals surface area (Å²) in [6.07, 6.45) is 3.94. The molecule has 2 heterocycles. The van der Waals surface area contributed by atoms with E-state index in [1.807, 2.05) is 0 Å². The van der Waals surface area contributed by atoms with Gasteiger partial charge >= 0.3 is 5.97 Å². The summed E-state index contributed by atoms with van der Waals surface area (Å²) in [5.74, 6) is -0.927. The van der Waals surface area contributed by atoms with Gasteiger partial charge in [-0.15, -0.1) is 0 Å². The maximum Gasteiger partial charge on any atom is 0.306 e. The minimum absolute atomic E-state index is 0.153. The molecule has 7 heteroatoms. The quantitative estimate of drug-likeness (QED) is 0.419. The smallest absolute Gasteiger partial charge is 0.306 e. The van der Waals surface area contributed by atoms with Crippen LogP contribution in [-0.2, 0) is 4.79 Å². The molecular formula is C25H26FN3O3. The Bertz CT molecular complexity index is 1340. The Hall–Kier alpha value is -3.35. The summed E-state index contributed by atoms with van der Waals surface area (Å²) in [6.45, 7) is 4.29. The van der Waals surface area contributed by atoms with E-state index >= 15 is 0 Å². The molecular weight excluding hydrogens is 409 g/mol. The molecule has 2 aromatic heterocycles. The van der Waals surface area contributed by atoms with Gasteiger partial charge in [-0.05, 0) is 60.9 Å². The maximum absolute atomic E-state index is 14.2. The van der Waals surface area contributed by atoms with Gasteiger partial charge in [0.05, 0.1) is 30.3 Å². The number of carboxylic acids is 1. The van der Waals surface area contributed by atoms with Crippen molar-refractivity contribution in [2.45, 2.75) is 44.9 Å². The first kappa shape index (κ1) is 20.5. The molecule has 0 bridgehead atoms. The molecule has 1 aliphatic carbocycles. The van der Waals surface area contributed by atoms with Gasteiger partial charge in [-0.2, -0.15) is 5.10 Å². The van der Waals surface area contributed by atoms with E-state index in [0.29, 0.717) is 12.8 Å². The number of nitrogens with zero attached hydrogens (tertiary/aromatic N) is 2. The Labute approximate surface area is 185 Å². The summed E-state index contributed by atoms with van der Waals surface area (Å²) in [7, 11) is 1.46. The van der Waals surface area contributed by atoms with E-state index in [1.165, 1.54) is 18.7 Å². The minimum Gasteiger partial charge on any atom is -0.494 e. The average molecular weight is 435 g/mol. The van der Waals surface area contributed by atoms with E-state index in [-0.39, 0.29) is 23.5 Å². The van der Waals surface area contributed by atoms with E-state index in [4.69, 9.17) is 4.74 Å². The van der Waals surface area contributed by atoms with Gasteiger partial charge in [-0.1, -0.05) is 13.8 Å². The molecule has 2 N–H and O–H groups in total. The van der Waals surface area contributed by atoms with Crippen molar-refractivity contribution in [2.24, 2.45) is 5.92 Å². The second kappa shape index (κ2) is 7.65. The van der Waals surface area contributed by atoms with Crippen LogP contribution in [0.1, 0.15) is 56.2 Å². The third-order valence-electron chi connectivity index (χ3n) is 6.73. The van der Waals surface area contributed by atoms with E-state index in [9.17, 15) is 14.3 Å². The molecule has 5 rings (SSSR count). The summed E-state index contributed by atoms with van der Waals surface area (Å²) < 4.78 is 21.6. The molecule has 1 fully saturated rings. The number of aromatic nitrogens is 3. The van der Waals surface area contributed by atoms with E-state index in [0.717, 1.165) is 39.6 Å². The number of carboxylic acid groups (broad SMARTS) is 1. The Morgan fingerprint density at radius 2 is 2.09 bits per heavy atom. The summed E-state index contributed by atoms with van der Waals surface area (Å²) in [6, 6.07) is 9.13. The zero-order valence-corrected chi connectivity index (χ0v) is 18.4. The molecule has 0 radical (unpaired) electrons. The standard InChI is InChI=1S/C25H26FN3O3/c1-13(2)24-23(14-4-5-15(8-14)25(30)31)18-11-20-16(12-27-28-20)9-21(18)29(24)17-6-7-19(26)22(10-17)32-3/h6-7,9-15H,4-5,8H2,1-3H3,(H,27,28)(H,30,31). The van der Waals surface area contributed by atoms with Gasteiger partial charge in [-0.25, -0.2) is 4.39 Å². The van der Waals surface area contributed by atoms with Crippen molar-refractivity contribution < 1.29 is 19.0 Å². The van der Waals surface area contributed by atoms with Gasteiger partial charge in [0.2, 0.25) is 0 Å². The highest BCUT2D eigenvalue weighted by atomic mass is 19.1. The van der Waals surface area contributed by atoms with Crippen LogP contribution in [0.5, 0.6) is 5.75 Å². The monoisotopic (exact) mass is 435 g/mol. The third kappa shape index (κ3) is 3.15. The molecule has 2 atom stereocenters. The maximum atomic E-state index is 14.2. The van der Waals surface area contributed by atoms with E-state index in [2.05, 4.69) is 40.7 Å². The van der Waals surface area contributed by atoms with Gasteiger partial charge in [0.1, 0.15) is 0 Å². The van der Waals surface area contributed by atoms with Crippen LogP contribution in [-0.4, -0.2) is 33.0 Å². The van der Waals surface area contributed by atoms with Crippen LogP contribution in [0.25, 0.3) is 27.5 Å². The first-order chi connectivity index (χ1) is 15.4. The Morgan fingerprint density at radius 1 is 1.28 bits per heavy atom. The van der Waals surface area contributed by atoms with E-state index in [1.54, 1.807) is 18.3 Å². The predicted octanol–water partition coefficient (Wildman–Crippen LogP) is 5.75. The number of fused-ring (bicyclic) bond motifs is 2. The predicted molar refractivity (Wildman–Crippen MR) is 121 cm³/mol. The van der Waals surface area contributed by atoms with Crippen LogP contribution >= 0.6 is 0 Å². The second-order valence-corrected chi connectivity index (χ2v) is 8.98. The van der Waals surface area contributed by atoms with Crippen LogP contribution < -0.4 is 4.74 Å². The number of halogens is 1.